The summed E-state index contributed by atoms with van der Waals surface area (Å²) in [5, 5.41) is 2.92. The van der Waals surface area contributed by atoms with Gasteiger partial charge in [0.1, 0.15) is 6.04 Å². The number of hydrogen-bond acceptors (Lipinski definition) is 5. The van der Waals surface area contributed by atoms with Crippen molar-refractivity contribution in [2.45, 2.75) is 37.9 Å². The normalized spacial score (nSPS) is 16.2. The first-order chi connectivity index (χ1) is 14.9. The Morgan fingerprint density at radius 2 is 1.61 bits per heavy atom. The van der Waals surface area contributed by atoms with Gasteiger partial charge in [0.15, 0.2) is 0 Å². The molecule has 168 valence electrons. The summed E-state index contributed by atoms with van der Waals surface area (Å²) in [6, 6.07) is 15.2. The lowest BCUT2D eigenvalue weighted by molar-refractivity contribution is -0.123. The van der Waals surface area contributed by atoms with E-state index < -0.39 is 16.1 Å². The van der Waals surface area contributed by atoms with Gasteiger partial charge in [-0.1, -0.05) is 56.3 Å². The van der Waals surface area contributed by atoms with Gasteiger partial charge in [0.2, 0.25) is 15.9 Å². The van der Waals surface area contributed by atoms with Crippen molar-refractivity contribution >= 4 is 15.9 Å². The lowest BCUT2D eigenvalue weighted by Crippen LogP contribution is -2.49. The Hall–Kier alpha value is -2.26. The molecule has 2 aromatic rings. The Kier molecular flexibility index (Phi) is 8.20. The number of hydrogen-bond donors (Lipinski definition) is 2. The van der Waals surface area contributed by atoms with Gasteiger partial charge < -0.3 is 10.1 Å². The summed E-state index contributed by atoms with van der Waals surface area (Å²) in [5.74, 6) is -0.544. The number of rotatable bonds is 9. The SMILES string of the molecule is CC(C)[C@@H](NS(=O)(=O)c1ccccc1)C(=O)NCc1ccccc1CN1CCOCC1. The molecule has 1 saturated heterocycles. The van der Waals surface area contributed by atoms with E-state index in [1.807, 2.05) is 32.0 Å². The molecule has 1 atom stereocenters. The van der Waals surface area contributed by atoms with Crippen molar-refractivity contribution < 1.29 is 17.9 Å². The van der Waals surface area contributed by atoms with Crippen LogP contribution in [0.2, 0.25) is 0 Å². The maximum Gasteiger partial charge on any atom is 0.241 e. The number of nitrogens with one attached hydrogen (secondary N) is 2. The van der Waals surface area contributed by atoms with Gasteiger partial charge in [0.05, 0.1) is 18.1 Å². The summed E-state index contributed by atoms with van der Waals surface area (Å²) in [6.07, 6.45) is 0. The first kappa shape index (κ1) is 23.4. The molecule has 0 spiro atoms. The van der Waals surface area contributed by atoms with Gasteiger partial charge in [-0.2, -0.15) is 4.72 Å². The van der Waals surface area contributed by atoms with Crippen molar-refractivity contribution in [3.8, 4) is 0 Å². The zero-order valence-corrected chi connectivity index (χ0v) is 18.9. The molecule has 1 fully saturated rings. The molecule has 0 unspecified atom stereocenters. The maximum absolute atomic E-state index is 12.9. The largest absolute Gasteiger partial charge is 0.379 e. The lowest BCUT2D eigenvalue weighted by atomic mass is 10.0. The molecule has 0 saturated carbocycles. The van der Waals surface area contributed by atoms with E-state index in [2.05, 4.69) is 21.0 Å². The van der Waals surface area contributed by atoms with E-state index in [1.54, 1.807) is 18.2 Å². The second-order valence-corrected chi connectivity index (χ2v) is 9.75. The highest BCUT2D eigenvalue weighted by Gasteiger charge is 2.28. The van der Waals surface area contributed by atoms with Crippen LogP contribution in [0.5, 0.6) is 0 Å². The van der Waals surface area contributed by atoms with Gasteiger partial charge in [-0.05, 0) is 29.2 Å². The molecule has 1 amide bonds. The fraction of sp³-hybridized carbons (Fsp3) is 0.435. The molecule has 2 aromatic carbocycles. The van der Waals surface area contributed by atoms with Crippen LogP contribution in [0.4, 0.5) is 0 Å². The number of morpholine rings is 1. The third-order valence-corrected chi connectivity index (χ3v) is 6.81. The second kappa shape index (κ2) is 10.9. The predicted octanol–water partition coefficient (Wildman–Crippen LogP) is 2.14. The van der Waals surface area contributed by atoms with Crippen molar-refractivity contribution in [2.75, 3.05) is 26.3 Å². The molecule has 0 aliphatic carbocycles. The minimum absolute atomic E-state index is 0.143. The van der Waals surface area contributed by atoms with Crippen molar-refractivity contribution in [2.24, 2.45) is 5.92 Å². The van der Waals surface area contributed by atoms with Gasteiger partial charge in [0.25, 0.3) is 0 Å². The van der Waals surface area contributed by atoms with Crippen molar-refractivity contribution in [3.63, 3.8) is 0 Å². The van der Waals surface area contributed by atoms with E-state index in [1.165, 1.54) is 12.1 Å². The van der Waals surface area contributed by atoms with E-state index >= 15 is 0 Å². The minimum Gasteiger partial charge on any atom is -0.379 e. The fourth-order valence-corrected chi connectivity index (χ4v) is 4.87. The zero-order valence-electron chi connectivity index (χ0n) is 18.1. The zero-order chi connectivity index (χ0) is 22.3. The minimum atomic E-state index is -3.79. The molecule has 7 nitrogen and oxygen atoms in total. The van der Waals surface area contributed by atoms with Gasteiger partial charge in [0, 0.05) is 26.2 Å². The number of carbonyl (C=O) groups is 1. The number of benzene rings is 2. The molecule has 0 aromatic heterocycles. The molecule has 1 aliphatic heterocycles. The average molecular weight is 446 g/mol. The van der Waals surface area contributed by atoms with Crippen LogP contribution in [0.25, 0.3) is 0 Å². The van der Waals surface area contributed by atoms with Gasteiger partial charge in [-0.25, -0.2) is 8.42 Å². The first-order valence-electron chi connectivity index (χ1n) is 10.6. The summed E-state index contributed by atoms with van der Waals surface area (Å²) >= 11 is 0. The Balaban J connectivity index is 1.65. The van der Waals surface area contributed by atoms with Gasteiger partial charge >= 0.3 is 0 Å². The van der Waals surface area contributed by atoms with Crippen molar-refractivity contribution in [1.82, 2.24) is 14.9 Å². The Labute approximate surface area is 184 Å². The third kappa shape index (κ3) is 6.61. The van der Waals surface area contributed by atoms with Crippen LogP contribution in [0.1, 0.15) is 25.0 Å². The Morgan fingerprint density at radius 1 is 1.00 bits per heavy atom. The smallest absolute Gasteiger partial charge is 0.241 e. The van der Waals surface area contributed by atoms with Crippen LogP contribution in [-0.4, -0.2) is 51.6 Å². The number of ether oxygens (including phenoxy) is 1. The van der Waals surface area contributed by atoms with Crippen LogP contribution < -0.4 is 10.0 Å². The lowest BCUT2D eigenvalue weighted by Gasteiger charge is -2.27. The number of nitrogens with zero attached hydrogens (tertiary/aromatic N) is 1. The molecular weight excluding hydrogens is 414 g/mol. The molecule has 1 aliphatic rings. The number of amides is 1. The van der Waals surface area contributed by atoms with Crippen molar-refractivity contribution in [3.05, 3.63) is 65.7 Å². The maximum atomic E-state index is 12.9. The molecule has 0 radical (unpaired) electrons. The quantitative estimate of drug-likeness (QED) is 0.618. The van der Waals surface area contributed by atoms with Gasteiger partial charge in [-0.3, -0.25) is 9.69 Å². The number of sulfonamides is 1. The monoisotopic (exact) mass is 445 g/mol. The van der Waals surface area contributed by atoms with E-state index in [0.717, 1.165) is 44.0 Å². The Bertz CT molecular complexity index is 958. The third-order valence-electron chi connectivity index (χ3n) is 5.35. The molecular formula is C23H31N3O4S. The summed E-state index contributed by atoms with van der Waals surface area (Å²) < 4.78 is 33.4. The highest BCUT2D eigenvalue weighted by atomic mass is 32.2. The van der Waals surface area contributed by atoms with Crippen LogP contribution in [0, 0.1) is 5.92 Å². The summed E-state index contributed by atoms with van der Waals surface area (Å²) in [5.41, 5.74) is 2.17. The number of carbonyl (C=O) groups excluding carboxylic acids is 1. The summed E-state index contributed by atoms with van der Waals surface area (Å²) in [7, 11) is -3.79. The van der Waals surface area contributed by atoms with Crippen LogP contribution in [0.15, 0.2) is 59.5 Å². The van der Waals surface area contributed by atoms with E-state index in [-0.39, 0.29) is 16.7 Å². The molecule has 0 bridgehead atoms. The standard InChI is InChI=1S/C23H31N3O4S/c1-18(2)22(25-31(28,29)21-10-4-3-5-11-21)23(27)24-16-19-8-6-7-9-20(19)17-26-12-14-30-15-13-26/h3-11,18,22,25H,12-17H2,1-2H3,(H,24,27)/t22-/m1/s1. The highest BCUT2D eigenvalue weighted by Crippen LogP contribution is 2.15. The summed E-state index contributed by atoms with van der Waals surface area (Å²) in [4.78, 5) is 15.4. The second-order valence-electron chi connectivity index (χ2n) is 8.03. The Morgan fingerprint density at radius 3 is 2.26 bits per heavy atom. The van der Waals surface area contributed by atoms with Crippen LogP contribution in [-0.2, 0) is 32.6 Å². The van der Waals surface area contributed by atoms with Crippen LogP contribution in [0.3, 0.4) is 0 Å². The van der Waals surface area contributed by atoms with E-state index in [0.29, 0.717) is 6.54 Å². The van der Waals surface area contributed by atoms with E-state index in [4.69, 9.17) is 4.74 Å². The van der Waals surface area contributed by atoms with E-state index in [9.17, 15) is 13.2 Å². The predicted molar refractivity (Wildman–Crippen MR) is 120 cm³/mol. The highest BCUT2D eigenvalue weighted by molar-refractivity contribution is 7.89. The molecule has 8 heteroatoms. The summed E-state index contributed by atoms with van der Waals surface area (Å²) in [6.45, 7) is 8.02. The van der Waals surface area contributed by atoms with Gasteiger partial charge in [-0.15, -0.1) is 0 Å². The molecule has 1 heterocycles. The molecule has 3 rings (SSSR count). The fourth-order valence-electron chi connectivity index (χ4n) is 3.50. The average Bonchev–Trinajstić information content (AvgIpc) is 2.78. The topological polar surface area (TPSA) is 87.7 Å². The van der Waals surface area contributed by atoms with Crippen molar-refractivity contribution in [1.29, 1.82) is 0 Å². The first-order valence-corrected chi connectivity index (χ1v) is 12.1. The molecule has 2 N–H and O–H groups in total. The van der Waals surface area contributed by atoms with Crippen LogP contribution >= 0.6 is 0 Å². The molecule has 31 heavy (non-hydrogen) atoms.